The predicted molar refractivity (Wildman–Crippen MR) is 84.7 cm³/mol. The monoisotopic (exact) mass is 311 g/mol. The molecular formula is C15H22ClN3O2. The molecule has 1 aromatic rings. The van der Waals surface area contributed by atoms with E-state index in [1.807, 2.05) is 0 Å². The van der Waals surface area contributed by atoms with Crippen molar-refractivity contribution in [3.8, 4) is 0 Å². The molecule has 0 spiro atoms. The highest BCUT2D eigenvalue weighted by molar-refractivity contribution is 6.31. The Morgan fingerprint density at radius 3 is 3.00 bits per heavy atom. The average Bonchev–Trinajstić information content (AvgIpc) is 2.47. The Kier molecular flexibility index (Phi) is 5.96. The molecule has 1 aliphatic heterocycles. The van der Waals surface area contributed by atoms with E-state index < -0.39 is 4.92 Å². The standard InChI is InChI=1S/C15H22ClN3O2/c1-2-17-9-12-4-3-7-18(10-12)11-13-5-6-14(19(20)21)8-15(13)16/h5-6,8,12,17H,2-4,7,9-11H2,1H3. The molecule has 1 atom stereocenters. The maximum atomic E-state index is 10.7. The summed E-state index contributed by atoms with van der Waals surface area (Å²) in [4.78, 5) is 12.7. The molecule has 1 heterocycles. The van der Waals surface area contributed by atoms with Crippen LogP contribution in [0.2, 0.25) is 5.02 Å². The van der Waals surface area contributed by atoms with Crippen molar-refractivity contribution in [1.82, 2.24) is 10.2 Å². The lowest BCUT2D eigenvalue weighted by Crippen LogP contribution is -2.39. The fourth-order valence-electron chi connectivity index (χ4n) is 2.83. The van der Waals surface area contributed by atoms with Gasteiger partial charge in [0.2, 0.25) is 0 Å². The van der Waals surface area contributed by atoms with Crippen LogP contribution in [0.3, 0.4) is 0 Å². The molecule has 1 aliphatic rings. The third kappa shape index (κ3) is 4.66. The second kappa shape index (κ2) is 7.73. The summed E-state index contributed by atoms with van der Waals surface area (Å²) in [5.74, 6) is 0.676. The molecule has 1 aromatic carbocycles. The van der Waals surface area contributed by atoms with Gasteiger partial charge in [-0.1, -0.05) is 18.5 Å². The largest absolute Gasteiger partial charge is 0.317 e. The zero-order valence-electron chi connectivity index (χ0n) is 12.3. The van der Waals surface area contributed by atoms with Crippen LogP contribution >= 0.6 is 11.6 Å². The number of rotatable bonds is 6. The first-order valence-corrected chi connectivity index (χ1v) is 7.83. The third-order valence-electron chi connectivity index (χ3n) is 3.93. The van der Waals surface area contributed by atoms with Crippen LogP contribution in [0.4, 0.5) is 5.69 Å². The molecule has 5 nitrogen and oxygen atoms in total. The van der Waals surface area contributed by atoms with Crippen LogP contribution in [0.25, 0.3) is 0 Å². The number of benzene rings is 1. The van der Waals surface area contributed by atoms with Gasteiger partial charge in [0.25, 0.3) is 5.69 Å². The molecule has 1 fully saturated rings. The molecule has 6 heteroatoms. The molecule has 1 saturated heterocycles. The molecule has 0 aliphatic carbocycles. The maximum Gasteiger partial charge on any atom is 0.270 e. The summed E-state index contributed by atoms with van der Waals surface area (Å²) in [5.41, 5.74) is 1.01. The SMILES string of the molecule is CCNCC1CCCN(Cc2ccc([N+](=O)[O-])cc2Cl)C1. The maximum absolute atomic E-state index is 10.7. The summed E-state index contributed by atoms with van der Waals surface area (Å²) in [5, 5.41) is 14.6. The van der Waals surface area contributed by atoms with E-state index in [4.69, 9.17) is 11.6 Å². The molecule has 0 saturated carbocycles. The van der Waals surface area contributed by atoms with Crippen molar-refractivity contribution in [2.45, 2.75) is 26.3 Å². The van der Waals surface area contributed by atoms with E-state index in [9.17, 15) is 10.1 Å². The Balaban J connectivity index is 1.96. The topological polar surface area (TPSA) is 58.4 Å². The summed E-state index contributed by atoms with van der Waals surface area (Å²) in [6.07, 6.45) is 2.46. The van der Waals surface area contributed by atoms with Crippen LogP contribution in [0, 0.1) is 16.0 Å². The number of piperidine rings is 1. The molecule has 116 valence electrons. The van der Waals surface area contributed by atoms with Crippen LogP contribution in [-0.4, -0.2) is 36.0 Å². The van der Waals surface area contributed by atoms with Gasteiger partial charge in [-0.2, -0.15) is 0 Å². The van der Waals surface area contributed by atoms with Crippen molar-refractivity contribution >= 4 is 17.3 Å². The van der Waals surface area contributed by atoms with Gasteiger partial charge >= 0.3 is 0 Å². The number of hydrogen-bond acceptors (Lipinski definition) is 4. The average molecular weight is 312 g/mol. The number of non-ortho nitro benzene ring substituents is 1. The molecule has 1 N–H and O–H groups in total. The van der Waals surface area contributed by atoms with Gasteiger partial charge in [0.15, 0.2) is 0 Å². The Morgan fingerprint density at radius 2 is 2.33 bits per heavy atom. The van der Waals surface area contributed by atoms with E-state index >= 15 is 0 Å². The minimum absolute atomic E-state index is 0.0485. The fourth-order valence-corrected chi connectivity index (χ4v) is 3.06. The van der Waals surface area contributed by atoms with Gasteiger partial charge in [0.05, 0.1) is 9.95 Å². The number of likely N-dealkylation sites (tertiary alicyclic amines) is 1. The minimum Gasteiger partial charge on any atom is -0.317 e. The van der Waals surface area contributed by atoms with Gasteiger partial charge in [-0.25, -0.2) is 0 Å². The molecule has 0 bridgehead atoms. The van der Waals surface area contributed by atoms with E-state index in [-0.39, 0.29) is 5.69 Å². The van der Waals surface area contributed by atoms with Gasteiger partial charge in [0, 0.05) is 25.2 Å². The zero-order valence-corrected chi connectivity index (χ0v) is 13.1. The van der Waals surface area contributed by atoms with Crippen molar-refractivity contribution < 1.29 is 4.92 Å². The summed E-state index contributed by atoms with van der Waals surface area (Å²) >= 11 is 6.17. The molecule has 2 rings (SSSR count). The van der Waals surface area contributed by atoms with Gasteiger partial charge in [-0.05, 0) is 50.0 Å². The molecule has 0 aromatic heterocycles. The van der Waals surface area contributed by atoms with Crippen molar-refractivity contribution in [2.75, 3.05) is 26.2 Å². The second-order valence-corrected chi connectivity index (χ2v) is 5.99. The summed E-state index contributed by atoms with van der Waals surface area (Å²) in [6, 6.07) is 4.74. The van der Waals surface area contributed by atoms with Gasteiger partial charge in [-0.15, -0.1) is 0 Å². The first kappa shape index (κ1) is 16.2. The van der Waals surface area contributed by atoms with Crippen LogP contribution in [0.5, 0.6) is 0 Å². The zero-order chi connectivity index (χ0) is 15.2. The second-order valence-electron chi connectivity index (χ2n) is 5.58. The van der Waals surface area contributed by atoms with Crippen molar-refractivity contribution in [3.63, 3.8) is 0 Å². The molecule has 0 radical (unpaired) electrons. The Hall–Kier alpha value is -1.17. The lowest BCUT2D eigenvalue weighted by molar-refractivity contribution is -0.384. The third-order valence-corrected chi connectivity index (χ3v) is 4.28. The summed E-state index contributed by atoms with van der Waals surface area (Å²) in [6.45, 7) is 7.07. The normalized spacial score (nSPS) is 19.6. The first-order valence-electron chi connectivity index (χ1n) is 7.46. The number of halogens is 1. The van der Waals surface area contributed by atoms with E-state index in [2.05, 4.69) is 17.1 Å². The predicted octanol–water partition coefficient (Wildman–Crippen LogP) is 3.07. The smallest absolute Gasteiger partial charge is 0.270 e. The van der Waals surface area contributed by atoms with Crippen LogP contribution in [0.15, 0.2) is 18.2 Å². The van der Waals surface area contributed by atoms with E-state index in [1.165, 1.54) is 25.0 Å². The highest BCUT2D eigenvalue weighted by Gasteiger charge is 2.20. The van der Waals surface area contributed by atoms with Gasteiger partial charge in [-0.3, -0.25) is 15.0 Å². The molecule has 0 amide bonds. The minimum atomic E-state index is -0.414. The number of nitrogens with one attached hydrogen (secondary N) is 1. The lowest BCUT2D eigenvalue weighted by atomic mass is 9.97. The molecular weight excluding hydrogens is 290 g/mol. The number of nitrogens with zero attached hydrogens (tertiary/aromatic N) is 2. The van der Waals surface area contributed by atoms with Gasteiger partial charge in [0.1, 0.15) is 0 Å². The molecule has 21 heavy (non-hydrogen) atoms. The highest BCUT2D eigenvalue weighted by Crippen LogP contribution is 2.25. The quantitative estimate of drug-likeness (QED) is 0.648. The lowest BCUT2D eigenvalue weighted by Gasteiger charge is -2.33. The van der Waals surface area contributed by atoms with Crippen LogP contribution < -0.4 is 5.32 Å². The Labute approximate surface area is 130 Å². The van der Waals surface area contributed by atoms with E-state index in [1.54, 1.807) is 6.07 Å². The Bertz CT molecular complexity index is 496. The number of hydrogen-bond donors (Lipinski definition) is 1. The summed E-state index contributed by atoms with van der Waals surface area (Å²) < 4.78 is 0. The number of nitro benzene ring substituents is 1. The van der Waals surface area contributed by atoms with Crippen molar-refractivity contribution in [2.24, 2.45) is 5.92 Å². The highest BCUT2D eigenvalue weighted by atomic mass is 35.5. The molecule has 1 unspecified atom stereocenters. The van der Waals surface area contributed by atoms with Crippen molar-refractivity contribution in [3.05, 3.63) is 38.9 Å². The fraction of sp³-hybridized carbons (Fsp3) is 0.600. The first-order chi connectivity index (χ1) is 10.1. The summed E-state index contributed by atoms with van der Waals surface area (Å²) in [7, 11) is 0. The van der Waals surface area contributed by atoms with Crippen LogP contribution in [-0.2, 0) is 6.54 Å². The van der Waals surface area contributed by atoms with Gasteiger partial charge < -0.3 is 5.32 Å². The van der Waals surface area contributed by atoms with E-state index in [0.717, 1.165) is 38.3 Å². The Morgan fingerprint density at radius 1 is 1.52 bits per heavy atom. The number of nitro groups is 1. The van der Waals surface area contributed by atoms with Crippen molar-refractivity contribution in [1.29, 1.82) is 0 Å². The van der Waals surface area contributed by atoms with Crippen LogP contribution in [0.1, 0.15) is 25.3 Å². The van der Waals surface area contributed by atoms with E-state index in [0.29, 0.717) is 10.9 Å².